The van der Waals surface area contributed by atoms with Crippen molar-refractivity contribution in [3.8, 4) is 11.5 Å². The Balaban J connectivity index is 1.42. The van der Waals surface area contributed by atoms with Gasteiger partial charge < -0.3 is 19.5 Å². The lowest BCUT2D eigenvalue weighted by atomic mass is 9.91. The van der Waals surface area contributed by atoms with E-state index < -0.39 is 5.97 Å². The summed E-state index contributed by atoms with van der Waals surface area (Å²) in [7, 11) is 0. The SMILES string of the molecule is CCCOc1ccc(OCC(=O)N2CCC3(CC2)CC3C(=O)O)cc1. The second-order valence-electron chi connectivity index (χ2n) is 6.95. The molecule has 1 aliphatic heterocycles. The monoisotopic (exact) mass is 347 g/mol. The van der Waals surface area contributed by atoms with E-state index in [0.29, 0.717) is 25.4 Å². The second-order valence-corrected chi connectivity index (χ2v) is 6.95. The zero-order chi connectivity index (χ0) is 17.9. The summed E-state index contributed by atoms with van der Waals surface area (Å²) < 4.78 is 11.1. The number of likely N-dealkylation sites (tertiary alicyclic amines) is 1. The van der Waals surface area contributed by atoms with E-state index in [1.807, 2.05) is 12.1 Å². The van der Waals surface area contributed by atoms with E-state index in [1.54, 1.807) is 17.0 Å². The molecule has 1 amide bonds. The first-order valence-corrected chi connectivity index (χ1v) is 8.90. The van der Waals surface area contributed by atoms with Crippen molar-refractivity contribution < 1.29 is 24.2 Å². The molecule has 1 spiro atoms. The van der Waals surface area contributed by atoms with Crippen LogP contribution in [0.15, 0.2) is 24.3 Å². The minimum atomic E-state index is -0.700. The van der Waals surface area contributed by atoms with Gasteiger partial charge in [0, 0.05) is 13.1 Å². The van der Waals surface area contributed by atoms with Crippen molar-refractivity contribution in [2.75, 3.05) is 26.3 Å². The minimum absolute atomic E-state index is 0.00449. The molecule has 0 aromatic heterocycles. The topological polar surface area (TPSA) is 76.1 Å². The van der Waals surface area contributed by atoms with E-state index in [0.717, 1.165) is 31.4 Å². The number of hydrogen-bond acceptors (Lipinski definition) is 4. The quantitative estimate of drug-likeness (QED) is 0.820. The third kappa shape index (κ3) is 4.06. The number of benzene rings is 1. The number of piperidine rings is 1. The molecule has 6 heteroatoms. The van der Waals surface area contributed by atoms with Crippen molar-refractivity contribution in [3.63, 3.8) is 0 Å². The average Bonchev–Trinajstić information content (AvgIpc) is 3.33. The van der Waals surface area contributed by atoms with Gasteiger partial charge in [0.1, 0.15) is 11.5 Å². The highest BCUT2D eigenvalue weighted by Gasteiger charge is 2.59. The van der Waals surface area contributed by atoms with Gasteiger partial charge in [-0.3, -0.25) is 9.59 Å². The fourth-order valence-corrected chi connectivity index (χ4v) is 3.54. The maximum atomic E-state index is 12.3. The average molecular weight is 347 g/mol. The van der Waals surface area contributed by atoms with Crippen LogP contribution < -0.4 is 9.47 Å². The molecule has 1 saturated heterocycles. The van der Waals surface area contributed by atoms with Gasteiger partial charge in [-0.25, -0.2) is 0 Å². The summed E-state index contributed by atoms with van der Waals surface area (Å²) in [6.45, 7) is 3.98. The molecule has 2 aliphatic rings. The van der Waals surface area contributed by atoms with Crippen molar-refractivity contribution in [1.82, 2.24) is 4.90 Å². The number of aliphatic carboxylic acids is 1. The number of carbonyl (C=O) groups excluding carboxylic acids is 1. The Morgan fingerprint density at radius 2 is 1.76 bits per heavy atom. The summed E-state index contributed by atoms with van der Waals surface area (Å²) >= 11 is 0. The van der Waals surface area contributed by atoms with Crippen molar-refractivity contribution in [2.45, 2.75) is 32.6 Å². The van der Waals surface area contributed by atoms with Gasteiger partial charge >= 0.3 is 5.97 Å². The van der Waals surface area contributed by atoms with E-state index in [2.05, 4.69) is 6.92 Å². The van der Waals surface area contributed by atoms with Crippen LogP contribution in [0.3, 0.4) is 0 Å². The number of amides is 1. The van der Waals surface area contributed by atoms with E-state index in [1.165, 1.54) is 0 Å². The van der Waals surface area contributed by atoms with Gasteiger partial charge in [0.25, 0.3) is 5.91 Å². The van der Waals surface area contributed by atoms with Crippen LogP contribution in [0.25, 0.3) is 0 Å². The Bertz CT molecular complexity index is 619. The number of rotatable bonds is 7. The Kier molecular flexibility index (Phi) is 5.16. The van der Waals surface area contributed by atoms with Gasteiger partial charge in [-0.2, -0.15) is 0 Å². The normalized spacial score (nSPS) is 21.0. The lowest BCUT2D eigenvalue weighted by molar-refractivity contribution is -0.140. The van der Waals surface area contributed by atoms with Crippen LogP contribution in [0.2, 0.25) is 0 Å². The minimum Gasteiger partial charge on any atom is -0.494 e. The van der Waals surface area contributed by atoms with Gasteiger partial charge in [0.15, 0.2) is 6.61 Å². The third-order valence-corrected chi connectivity index (χ3v) is 5.26. The summed E-state index contributed by atoms with van der Waals surface area (Å²) in [6.07, 6.45) is 3.27. The zero-order valence-corrected chi connectivity index (χ0v) is 14.6. The summed E-state index contributed by atoms with van der Waals surface area (Å²) in [5, 5.41) is 9.11. The van der Waals surface area contributed by atoms with Gasteiger partial charge in [0.2, 0.25) is 0 Å². The van der Waals surface area contributed by atoms with Gasteiger partial charge in [-0.05, 0) is 55.4 Å². The van der Waals surface area contributed by atoms with E-state index >= 15 is 0 Å². The fourth-order valence-electron chi connectivity index (χ4n) is 3.54. The molecule has 1 unspecified atom stereocenters. The number of carbonyl (C=O) groups is 2. The van der Waals surface area contributed by atoms with E-state index in [-0.39, 0.29) is 23.8 Å². The molecule has 136 valence electrons. The van der Waals surface area contributed by atoms with Crippen LogP contribution in [-0.2, 0) is 9.59 Å². The summed E-state index contributed by atoms with van der Waals surface area (Å²) in [4.78, 5) is 25.1. The first-order chi connectivity index (χ1) is 12.0. The number of nitrogens with zero attached hydrogens (tertiary/aromatic N) is 1. The smallest absolute Gasteiger partial charge is 0.307 e. The second kappa shape index (κ2) is 7.33. The first-order valence-electron chi connectivity index (χ1n) is 8.90. The molecule has 2 fully saturated rings. The number of carboxylic acid groups (broad SMARTS) is 1. The van der Waals surface area contributed by atoms with Crippen molar-refractivity contribution in [2.24, 2.45) is 11.3 Å². The highest BCUT2D eigenvalue weighted by atomic mass is 16.5. The van der Waals surface area contributed by atoms with Gasteiger partial charge in [-0.1, -0.05) is 6.92 Å². The highest BCUT2D eigenvalue weighted by molar-refractivity contribution is 5.78. The van der Waals surface area contributed by atoms with E-state index in [4.69, 9.17) is 14.6 Å². The maximum Gasteiger partial charge on any atom is 0.307 e. The van der Waals surface area contributed by atoms with Crippen LogP contribution >= 0.6 is 0 Å². The lowest BCUT2D eigenvalue weighted by Crippen LogP contribution is -2.42. The Labute approximate surface area is 147 Å². The molecule has 1 N–H and O–H groups in total. The molecule has 3 rings (SSSR count). The molecule has 1 aromatic carbocycles. The molecule has 1 aromatic rings. The lowest BCUT2D eigenvalue weighted by Gasteiger charge is -2.32. The molecule has 1 heterocycles. The predicted octanol–water partition coefficient (Wildman–Crippen LogP) is 2.57. The molecule has 0 radical (unpaired) electrons. The van der Waals surface area contributed by atoms with Gasteiger partial charge in [0.05, 0.1) is 12.5 Å². The van der Waals surface area contributed by atoms with Gasteiger partial charge in [-0.15, -0.1) is 0 Å². The maximum absolute atomic E-state index is 12.3. The van der Waals surface area contributed by atoms with Crippen LogP contribution in [0.1, 0.15) is 32.6 Å². The molecular weight excluding hydrogens is 322 g/mol. The summed E-state index contributed by atoms with van der Waals surface area (Å²) in [5.41, 5.74) is -0.0577. The zero-order valence-electron chi connectivity index (χ0n) is 14.6. The van der Waals surface area contributed by atoms with Crippen LogP contribution in [0.4, 0.5) is 0 Å². The Hall–Kier alpha value is -2.24. The Morgan fingerprint density at radius 1 is 1.16 bits per heavy atom. The molecule has 25 heavy (non-hydrogen) atoms. The molecule has 1 saturated carbocycles. The van der Waals surface area contributed by atoms with Crippen molar-refractivity contribution >= 4 is 11.9 Å². The fraction of sp³-hybridized carbons (Fsp3) is 0.579. The van der Waals surface area contributed by atoms with Crippen molar-refractivity contribution in [1.29, 1.82) is 0 Å². The molecule has 1 aliphatic carbocycles. The molecule has 1 atom stereocenters. The molecule has 0 bridgehead atoms. The largest absolute Gasteiger partial charge is 0.494 e. The highest BCUT2D eigenvalue weighted by Crippen LogP contribution is 2.59. The first kappa shape index (κ1) is 17.6. The Morgan fingerprint density at radius 3 is 2.28 bits per heavy atom. The van der Waals surface area contributed by atoms with Crippen molar-refractivity contribution in [3.05, 3.63) is 24.3 Å². The molecule has 6 nitrogen and oxygen atoms in total. The summed E-state index contributed by atoms with van der Waals surface area (Å²) in [6, 6.07) is 7.26. The predicted molar refractivity (Wildman–Crippen MR) is 91.7 cm³/mol. The number of hydrogen-bond donors (Lipinski definition) is 1. The molecular formula is C19H25NO5. The summed E-state index contributed by atoms with van der Waals surface area (Å²) in [5.74, 6) is 0.468. The van der Waals surface area contributed by atoms with Crippen LogP contribution in [0.5, 0.6) is 11.5 Å². The van der Waals surface area contributed by atoms with Crippen LogP contribution in [-0.4, -0.2) is 48.2 Å². The number of carboxylic acids is 1. The third-order valence-electron chi connectivity index (χ3n) is 5.26. The number of ether oxygens (including phenoxy) is 2. The van der Waals surface area contributed by atoms with Crippen LogP contribution in [0, 0.1) is 11.3 Å². The van der Waals surface area contributed by atoms with E-state index in [9.17, 15) is 9.59 Å². The standard InChI is InChI=1S/C19H25NO5/c1-2-11-24-14-3-5-15(6-4-14)25-13-17(21)20-9-7-19(8-10-20)12-16(19)18(22)23/h3-6,16H,2,7-13H2,1H3,(H,22,23).